The fraction of sp³-hybridized carbons (Fsp3) is 0.263. The number of aryl methyl sites for hydroxylation is 2. The molecule has 0 unspecified atom stereocenters. The number of hydrogen-bond acceptors (Lipinski definition) is 7. The number of aromatic nitrogens is 2. The molecule has 2 amide bonds. The molecule has 8 nitrogen and oxygen atoms in total. The van der Waals surface area contributed by atoms with Gasteiger partial charge < -0.3 is 9.72 Å². The zero-order chi connectivity index (χ0) is 21.8. The Labute approximate surface area is 185 Å². The van der Waals surface area contributed by atoms with E-state index in [0.717, 1.165) is 16.9 Å². The van der Waals surface area contributed by atoms with Crippen LogP contribution in [0.2, 0.25) is 5.02 Å². The summed E-state index contributed by atoms with van der Waals surface area (Å²) in [7, 11) is 0. The Morgan fingerprint density at radius 1 is 1.30 bits per heavy atom. The normalized spacial score (nSPS) is 10.8. The van der Waals surface area contributed by atoms with E-state index in [1.165, 1.54) is 11.8 Å². The van der Waals surface area contributed by atoms with Gasteiger partial charge >= 0.3 is 0 Å². The molecular formula is C19H19ClN4O4S2. The number of nitrogens with one attached hydrogen (secondary N) is 3. The lowest BCUT2D eigenvalue weighted by atomic mass is 10.2. The Morgan fingerprint density at radius 3 is 2.77 bits per heavy atom. The molecule has 3 N–H and O–H groups in total. The van der Waals surface area contributed by atoms with Gasteiger partial charge in [-0.3, -0.25) is 25.2 Å². The van der Waals surface area contributed by atoms with Gasteiger partial charge in [-0.05, 0) is 49.4 Å². The van der Waals surface area contributed by atoms with Crippen LogP contribution in [0.25, 0.3) is 10.2 Å². The molecule has 0 aliphatic rings. The van der Waals surface area contributed by atoms with Crippen LogP contribution < -0.4 is 21.1 Å². The molecule has 3 aromatic rings. The molecule has 0 fully saturated rings. The van der Waals surface area contributed by atoms with E-state index < -0.39 is 11.8 Å². The van der Waals surface area contributed by atoms with E-state index in [9.17, 15) is 14.4 Å². The van der Waals surface area contributed by atoms with Gasteiger partial charge in [-0.25, -0.2) is 4.98 Å². The zero-order valence-corrected chi connectivity index (χ0v) is 18.8. The topological polar surface area (TPSA) is 113 Å². The van der Waals surface area contributed by atoms with Crippen molar-refractivity contribution < 1.29 is 14.3 Å². The lowest BCUT2D eigenvalue weighted by Crippen LogP contribution is -2.43. The summed E-state index contributed by atoms with van der Waals surface area (Å²) in [5.74, 6) is 0.540. The number of H-pyrrole nitrogens is 1. The number of hydrogen-bond donors (Lipinski definition) is 3. The van der Waals surface area contributed by atoms with Crippen LogP contribution in [0.1, 0.15) is 26.6 Å². The minimum Gasteiger partial charge on any atom is -0.484 e. The number of aromatic amines is 1. The minimum absolute atomic E-state index is 0.285. The molecule has 158 valence electrons. The maximum Gasteiger partial charge on any atom is 0.280 e. The molecule has 11 heteroatoms. The molecule has 0 atom stereocenters. The highest BCUT2D eigenvalue weighted by atomic mass is 35.5. The number of amides is 2. The summed E-state index contributed by atoms with van der Waals surface area (Å²) in [5, 5.41) is 0.981. The second kappa shape index (κ2) is 9.50. The first-order valence-corrected chi connectivity index (χ1v) is 11.4. The molecule has 2 aromatic heterocycles. The summed E-state index contributed by atoms with van der Waals surface area (Å²) in [6.07, 6.45) is 1.91. The number of thiophene rings is 1. The average molecular weight is 467 g/mol. The van der Waals surface area contributed by atoms with Gasteiger partial charge in [0.1, 0.15) is 16.4 Å². The number of hydrazine groups is 1. The third-order valence-electron chi connectivity index (χ3n) is 4.15. The Morgan fingerprint density at radius 2 is 2.07 bits per heavy atom. The van der Waals surface area contributed by atoms with Gasteiger partial charge in [0.15, 0.2) is 6.61 Å². The molecule has 1 aromatic carbocycles. The number of thioether (sulfide) groups is 1. The fourth-order valence-electron chi connectivity index (χ4n) is 2.69. The Bertz CT molecular complexity index is 1180. The van der Waals surface area contributed by atoms with Crippen LogP contribution in [-0.2, 0) is 10.5 Å². The van der Waals surface area contributed by atoms with Gasteiger partial charge in [0.2, 0.25) is 0 Å². The number of rotatable bonds is 6. The van der Waals surface area contributed by atoms with Crippen LogP contribution in [0, 0.1) is 13.8 Å². The molecule has 0 radical (unpaired) electrons. The highest BCUT2D eigenvalue weighted by Crippen LogP contribution is 2.27. The minimum atomic E-state index is -0.534. The van der Waals surface area contributed by atoms with Crippen molar-refractivity contribution in [1.82, 2.24) is 20.8 Å². The zero-order valence-electron chi connectivity index (χ0n) is 16.4. The SMILES string of the molecule is CSCc1nc2sc(C(=O)NNC(=O)COc3ccc(Cl)c(C)c3)c(C)c2c(=O)[nH]1. The molecular weight excluding hydrogens is 448 g/mol. The van der Waals surface area contributed by atoms with Gasteiger partial charge in [-0.1, -0.05) is 11.6 Å². The van der Waals surface area contributed by atoms with Crippen LogP contribution in [0.4, 0.5) is 0 Å². The number of ether oxygens (including phenoxy) is 1. The number of fused-ring (bicyclic) bond motifs is 1. The van der Waals surface area contributed by atoms with Crippen LogP contribution in [0.3, 0.4) is 0 Å². The van der Waals surface area contributed by atoms with E-state index in [2.05, 4.69) is 20.8 Å². The number of halogens is 1. The smallest absolute Gasteiger partial charge is 0.280 e. The predicted molar refractivity (Wildman–Crippen MR) is 119 cm³/mol. The summed E-state index contributed by atoms with van der Waals surface area (Å²) in [5.41, 5.74) is 5.70. The summed E-state index contributed by atoms with van der Waals surface area (Å²) >= 11 is 8.59. The number of carbonyl (C=O) groups excluding carboxylic acids is 2. The van der Waals surface area contributed by atoms with Crippen molar-refractivity contribution in [1.29, 1.82) is 0 Å². The van der Waals surface area contributed by atoms with Crippen molar-refractivity contribution in [2.45, 2.75) is 19.6 Å². The van der Waals surface area contributed by atoms with Crippen LogP contribution in [0.15, 0.2) is 23.0 Å². The average Bonchev–Trinajstić information content (AvgIpc) is 3.04. The van der Waals surface area contributed by atoms with E-state index in [4.69, 9.17) is 16.3 Å². The molecule has 2 heterocycles. The number of carbonyl (C=O) groups is 2. The van der Waals surface area contributed by atoms with Crippen LogP contribution in [-0.4, -0.2) is 34.6 Å². The van der Waals surface area contributed by atoms with Crippen molar-refractivity contribution in [3.8, 4) is 5.75 Å². The molecule has 3 rings (SSSR count). The van der Waals surface area contributed by atoms with E-state index in [1.807, 2.05) is 13.2 Å². The van der Waals surface area contributed by atoms with Gasteiger partial charge in [0.25, 0.3) is 17.4 Å². The number of nitrogens with zero attached hydrogens (tertiary/aromatic N) is 1. The molecule has 0 saturated heterocycles. The third kappa shape index (κ3) is 4.94. The van der Waals surface area contributed by atoms with Crippen molar-refractivity contribution in [2.75, 3.05) is 12.9 Å². The Kier molecular flexibility index (Phi) is 7.01. The quantitative estimate of drug-likeness (QED) is 0.481. The second-order valence-corrected chi connectivity index (χ2v) is 8.66. The highest BCUT2D eigenvalue weighted by molar-refractivity contribution is 7.97. The molecule has 0 aliphatic heterocycles. The van der Waals surface area contributed by atoms with Crippen LogP contribution in [0.5, 0.6) is 5.75 Å². The molecule has 0 spiro atoms. The molecule has 0 saturated carbocycles. The molecule has 0 bridgehead atoms. The lowest BCUT2D eigenvalue weighted by Gasteiger charge is -2.09. The maximum atomic E-state index is 12.5. The fourth-order valence-corrected chi connectivity index (χ4v) is 4.31. The van der Waals surface area contributed by atoms with Crippen molar-refractivity contribution in [2.24, 2.45) is 0 Å². The first kappa shape index (κ1) is 22.1. The lowest BCUT2D eigenvalue weighted by molar-refractivity contribution is -0.123. The monoisotopic (exact) mass is 466 g/mol. The van der Waals surface area contributed by atoms with E-state index >= 15 is 0 Å². The summed E-state index contributed by atoms with van der Waals surface area (Å²) in [6, 6.07) is 5.04. The summed E-state index contributed by atoms with van der Waals surface area (Å²) in [6.45, 7) is 3.21. The van der Waals surface area contributed by atoms with Gasteiger partial charge in [0, 0.05) is 5.02 Å². The van der Waals surface area contributed by atoms with E-state index in [-0.39, 0.29) is 12.2 Å². The van der Waals surface area contributed by atoms with Crippen LogP contribution >= 0.6 is 34.7 Å². The summed E-state index contributed by atoms with van der Waals surface area (Å²) in [4.78, 5) is 44.8. The van der Waals surface area contributed by atoms with Crippen molar-refractivity contribution in [3.05, 3.63) is 55.4 Å². The highest BCUT2D eigenvalue weighted by Gasteiger charge is 2.19. The molecule has 30 heavy (non-hydrogen) atoms. The third-order valence-corrected chi connectivity index (χ3v) is 6.32. The van der Waals surface area contributed by atoms with Crippen molar-refractivity contribution in [3.63, 3.8) is 0 Å². The number of benzene rings is 1. The van der Waals surface area contributed by atoms with Gasteiger partial charge in [0.05, 0.1) is 16.0 Å². The Hall–Kier alpha value is -2.56. The van der Waals surface area contributed by atoms with E-state index in [1.54, 1.807) is 25.1 Å². The largest absolute Gasteiger partial charge is 0.484 e. The first-order valence-electron chi connectivity index (χ1n) is 8.79. The second-order valence-electron chi connectivity index (χ2n) is 6.38. The van der Waals surface area contributed by atoms with Gasteiger partial charge in [-0.15, -0.1) is 11.3 Å². The van der Waals surface area contributed by atoms with Crippen molar-refractivity contribution >= 4 is 56.7 Å². The predicted octanol–water partition coefficient (Wildman–Crippen LogP) is 2.96. The standard InChI is InChI=1S/C19H19ClN4O4S2/c1-9-6-11(4-5-12(9)20)28-7-14(25)23-24-18(27)16-10(2)15-17(26)21-13(8-29-3)22-19(15)30-16/h4-6H,7-8H2,1-3H3,(H,23,25)(H,24,27)(H,21,22,26). The summed E-state index contributed by atoms with van der Waals surface area (Å²) < 4.78 is 5.39. The first-order chi connectivity index (χ1) is 14.3. The maximum absolute atomic E-state index is 12.5. The molecule has 0 aliphatic carbocycles. The van der Waals surface area contributed by atoms with E-state index in [0.29, 0.717) is 43.0 Å². The Balaban J connectivity index is 1.64. The van der Waals surface area contributed by atoms with Gasteiger partial charge in [-0.2, -0.15) is 11.8 Å².